The van der Waals surface area contributed by atoms with Crippen molar-refractivity contribution in [2.45, 2.75) is 11.8 Å². The molecule has 0 atom stereocenters. The van der Waals surface area contributed by atoms with Crippen LogP contribution in [0.2, 0.25) is 0 Å². The Kier molecular flexibility index (Phi) is 6.74. The molecule has 0 saturated heterocycles. The molecule has 0 aliphatic rings. The van der Waals surface area contributed by atoms with Crippen LogP contribution in [0.4, 0.5) is 5.13 Å². The molecule has 0 N–H and O–H groups in total. The predicted octanol–water partition coefficient (Wildman–Crippen LogP) is 3.31. The number of anilines is 1. The first kappa shape index (κ1) is 22.2. The van der Waals surface area contributed by atoms with Crippen molar-refractivity contribution in [2.75, 3.05) is 44.9 Å². The molecule has 0 unspecified atom stereocenters. The average molecular weight is 448 g/mol. The van der Waals surface area contributed by atoms with Gasteiger partial charge in [0.15, 0.2) is 15.0 Å². The molecule has 3 aromatic rings. The van der Waals surface area contributed by atoms with Gasteiger partial charge in [-0.1, -0.05) is 36.5 Å². The smallest absolute Gasteiger partial charge is 0.261 e. The Balaban J connectivity index is 2.11. The quantitative estimate of drug-likeness (QED) is 0.527. The molecule has 0 aliphatic heterocycles. The molecule has 0 radical (unpaired) electrons. The van der Waals surface area contributed by atoms with Crippen LogP contribution >= 0.6 is 11.3 Å². The second-order valence-corrected chi connectivity index (χ2v) is 10.2. The van der Waals surface area contributed by atoms with Crippen LogP contribution in [0.1, 0.15) is 17.3 Å². The van der Waals surface area contributed by atoms with Crippen LogP contribution in [0.3, 0.4) is 0 Å². The van der Waals surface area contributed by atoms with Gasteiger partial charge in [0.2, 0.25) is 0 Å². The number of sulfone groups is 1. The molecular formula is C21H25N3O4S2. The molecule has 1 aromatic heterocycles. The highest BCUT2D eigenvalue weighted by atomic mass is 32.2. The summed E-state index contributed by atoms with van der Waals surface area (Å²) in [5, 5.41) is 0.505. The Morgan fingerprint density at radius 1 is 1.10 bits per heavy atom. The molecule has 0 aliphatic carbocycles. The largest absolute Gasteiger partial charge is 0.494 e. The van der Waals surface area contributed by atoms with E-state index in [0.29, 0.717) is 29.5 Å². The van der Waals surface area contributed by atoms with E-state index in [4.69, 9.17) is 4.74 Å². The van der Waals surface area contributed by atoms with E-state index < -0.39 is 9.84 Å². The Labute approximate surface area is 180 Å². The fourth-order valence-electron chi connectivity index (χ4n) is 2.99. The highest BCUT2D eigenvalue weighted by molar-refractivity contribution is 7.91. The fraction of sp³-hybridized carbons (Fsp3) is 0.333. The van der Waals surface area contributed by atoms with Crippen molar-refractivity contribution in [3.63, 3.8) is 0 Å². The van der Waals surface area contributed by atoms with Crippen molar-refractivity contribution in [3.8, 4) is 5.75 Å². The molecule has 7 nitrogen and oxygen atoms in total. The summed E-state index contributed by atoms with van der Waals surface area (Å²) in [5.74, 6) is 0.166. The number of benzene rings is 2. The van der Waals surface area contributed by atoms with Gasteiger partial charge in [0.05, 0.1) is 28.0 Å². The molecule has 0 bridgehead atoms. The number of carbonyl (C=O) groups is 1. The molecule has 2 aromatic carbocycles. The van der Waals surface area contributed by atoms with Crippen LogP contribution < -0.4 is 9.64 Å². The molecule has 0 spiro atoms. The van der Waals surface area contributed by atoms with E-state index in [9.17, 15) is 13.2 Å². The zero-order valence-electron chi connectivity index (χ0n) is 17.5. The van der Waals surface area contributed by atoms with E-state index in [0.717, 1.165) is 4.70 Å². The van der Waals surface area contributed by atoms with Crippen LogP contribution in [-0.4, -0.2) is 64.3 Å². The third-order valence-corrected chi connectivity index (χ3v) is 7.50. The lowest BCUT2D eigenvalue weighted by molar-refractivity contribution is 0.0982. The number of carbonyl (C=O) groups excluding carboxylic acids is 1. The number of amides is 1. The van der Waals surface area contributed by atoms with Crippen LogP contribution in [-0.2, 0) is 9.84 Å². The van der Waals surface area contributed by atoms with Gasteiger partial charge in [0.25, 0.3) is 5.91 Å². The Morgan fingerprint density at radius 2 is 1.83 bits per heavy atom. The second kappa shape index (κ2) is 9.11. The Hall–Kier alpha value is -2.49. The molecule has 1 amide bonds. The molecule has 30 heavy (non-hydrogen) atoms. The first-order chi connectivity index (χ1) is 14.3. The minimum atomic E-state index is -3.55. The van der Waals surface area contributed by atoms with Gasteiger partial charge < -0.3 is 9.64 Å². The maximum absolute atomic E-state index is 13.6. The second-order valence-electron chi connectivity index (χ2n) is 6.96. The summed E-state index contributed by atoms with van der Waals surface area (Å²) in [6.45, 7) is 2.54. The maximum atomic E-state index is 13.6. The highest BCUT2D eigenvalue weighted by Crippen LogP contribution is 2.35. The summed E-state index contributed by atoms with van der Waals surface area (Å²) < 4.78 is 31.4. The maximum Gasteiger partial charge on any atom is 0.261 e. The Bertz CT molecular complexity index is 1160. The van der Waals surface area contributed by atoms with Crippen LogP contribution in [0.5, 0.6) is 5.75 Å². The summed E-state index contributed by atoms with van der Waals surface area (Å²) in [6.07, 6.45) is 0. The van der Waals surface area contributed by atoms with Crippen LogP contribution in [0, 0.1) is 0 Å². The third-order valence-electron chi connectivity index (χ3n) is 4.67. The van der Waals surface area contributed by atoms with Gasteiger partial charge in [0, 0.05) is 13.1 Å². The number of thiazole rings is 1. The zero-order chi connectivity index (χ0) is 21.9. The first-order valence-corrected chi connectivity index (χ1v) is 12.0. The molecule has 160 valence electrons. The molecular weight excluding hydrogens is 422 g/mol. The predicted molar refractivity (Wildman–Crippen MR) is 121 cm³/mol. The molecule has 0 fully saturated rings. The van der Waals surface area contributed by atoms with Crippen LogP contribution in [0.25, 0.3) is 10.2 Å². The van der Waals surface area contributed by atoms with Gasteiger partial charge in [-0.15, -0.1) is 0 Å². The monoisotopic (exact) mass is 447 g/mol. The van der Waals surface area contributed by atoms with E-state index in [-0.39, 0.29) is 22.1 Å². The molecule has 1 heterocycles. The van der Waals surface area contributed by atoms with Crippen molar-refractivity contribution in [3.05, 3.63) is 48.0 Å². The third kappa shape index (κ3) is 4.48. The van der Waals surface area contributed by atoms with Crippen molar-refractivity contribution in [1.29, 1.82) is 0 Å². The number of hydrogen-bond donors (Lipinski definition) is 0. The number of ether oxygens (including phenoxy) is 1. The van der Waals surface area contributed by atoms with Gasteiger partial charge in [-0.05, 0) is 38.4 Å². The normalized spacial score (nSPS) is 11.8. The van der Waals surface area contributed by atoms with E-state index in [1.54, 1.807) is 37.1 Å². The molecule has 3 rings (SSSR count). The Morgan fingerprint density at radius 3 is 2.50 bits per heavy atom. The summed E-state index contributed by atoms with van der Waals surface area (Å²) in [7, 11) is 1.86. The van der Waals surface area contributed by atoms with Crippen molar-refractivity contribution < 1.29 is 17.9 Å². The topological polar surface area (TPSA) is 79.8 Å². The zero-order valence-corrected chi connectivity index (χ0v) is 19.1. The summed E-state index contributed by atoms with van der Waals surface area (Å²) in [6, 6.07) is 12.0. The molecule has 0 saturated carbocycles. The molecule has 9 heteroatoms. The first-order valence-electron chi connectivity index (χ1n) is 9.50. The fourth-order valence-corrected chi connectivity index (χ4v) is 5.09. The summed E-state index contributed by atoms with van der Waals surface area (Å²) in [4.78, 5) is 21.8. The van der Waals surface area contributed by atoms with E-state index in [1.807, 2.05) is 37.2 Å². The van der Waals surface area contributed by atoms with Gasteiger partial charge in [0.1, 0.15) is 11.3 Å². The number of hydrogen-bond acceptors (Lipinski definition) is 7. The minimum Gasteiger partial charge on any atom is -0.494 e. The minimum absolute atomic E-state index is 0.0473. The van der Waals surface area contributed by atoms with E-state index in [2.05, 4.69) is 4.98 Å². The van der Waals surface area contributed by atoms with E-state index in [1.165, 1.54) is 17.4 Å². The average Bonchev–Trinajstić information content (AvgIpc) is 3.17. The number of para-hydroxylation sites is 1. The SMILES string of the molecule is CCS(=O)(=O)c1ccccc1C(=O)N(CCN(C)C)c1nc2c(OC)cccc2s1. The number of likely N-dealkylation sites (N-methyl/N-ethyl adjacent to an activating group) is 1. The van der Waals surface area contributed by atoms with Crippen molar-refractivity contribution in [1.82, 2.24) is 9.88 Å². The lowest BCUT2D eigenvalue weighted by Gasteiger charge is -2.23. The standard InChI is InChI=1S/C21H25N3O4S2/c1-5-30(26,27)18-12-7-6-9-15(18)20(25)24(14-13-23(2)3)21-22-19-16(28-4)10-8-11-17(19)29-21/h6-12H,5,13-14H2,1-4H3. The number of nitrogens with zero attached hydrogens (tertiary/aromatic N) is 3. The van der Waals surface area contributed by atoms with Gasteiger partial charge in [-0.25, -0.2) is 13.4 Å². The van der Waals surface area contributed by atoms with Crippen molar-refractivity contribution >= 4 is 42.4 Å². The number of fused-ring (bicyclic) bond motifs is 1. The summed E-state index contributed by atoms with van der Waals surface area (Å²) >= 11 is 1.37. The van der Waals surface area contributed by atoms with Gasteiger partial charge in [-0.3, -0.25) is 9.69 Å². The highest BCUT2D eigenvalue weighted by Gasteiger charge is 2.27. The van der Waals surface area contributed by atoms with Crippen molar-refractivity contribution in [2.24, 2.45) is 0 Å². The number of rotatable bonds is 8. The lowest BCUT2D eigenvalue weighted by Crippen LogP contribution is -2.37. The number of aromatic nitrogens is 1. The number of methoxy groups -OCH3 is 1. The van der Waals surface area contributed by atoms with E-state index >= 15 is 0 Å². The van der Waals surface area contributed by atoms with Gasteiger partial charge in [-0.2, -0.15) is 0 Å². The lowest BCUT2D eigenvalue weighted by atomic mass is 10.2. The van der Waals surface area contributed by atoms with Gasteiger partial charge >= 0.3 is 0 Å². The summed E-state index contributed by atoms with van der Waals surface area (Å²) in [5.41, 5.74) is 0.835. The van der Waals surface area contributed by atoms with Crippen LogP contribution in [0.15, 0.2) is 47.4 Å².